The maximum atomic E-state index is 5.96. The third kappa shape index (κ3) is 1.91. The van der Waals surface area contributed by atoms with Gasteiger partial charge in [0, 0.05) is 18.0 Å². The van der Waals surface area contributed by atoms with Gasteiger partial charge in [0.05, 0.1) is 7.11 Å². The zero-order chi connectivity index (χ0) is 12.5. The van der Waals surface area contributed by atoms with Crippen molar-refractivity contribution in [2.24, 2.45) is 0 Å². The van der Waals surface area contributed by atoms with E-state index < -0.39 is 0 Å². The zero-order valence-corrected chi connectivity index (χ0v) is 10.7. The third-order valence-corrected chi connectivity index (χ3v) is 3.39. The first kappa shape index (κ1) is 11.4. The number of benzene rings is 1. The molecular weight excluding hydrogens is 226 g/mol. The number of nitrogens with one attached hydrogen (secondary N) is 1. The van der Waals surface area contributed by atoms with Crippen LogP contribution in [0.15, 0.2) is 34.8 Å². The van der Waals surface area contributed by atoms with Crippen molar-refractivity contribution in [3.8, 4) is 5.75 Å². The maximum absolute atomic E-state index is 5.96. The summed E-state index contributed by atoms with van der Waals surface area (Å²) in [6.45, 7) is 3.10. The van der Waals surface area contributed by atoms with Gasteiger partial charge < -0.3 is 14.5 Å². The number of ether oxygens (including phenoxy) is 1. The van der Waals surface area contributed by atoms with Crippen molar-refractivity contribution < 1.29 is 9.15 Å². The summed E-state index contributed by atoms with van der Waals surface area (Å²) < 4.78 is 11.3. The molecule has 0 spiro atoms. The number of methoxy groups -OCH3 is 1. The molecule has 1 aromatic carbocycles. The molecule has 1 aliphatic rings. The lowest BCUT2D eigenvalue weighted by Gasteiger charge is -2.19. The third-order valence-electron chi connectivity index (χ3n) is 3.39. The van der Waals surface area contributed by atoms with E-state index in [1.54, 1.807) is 7.11 Å². The lowest BCUT2D eigenvalue weighted by molar-refractivity contribution is 0.409. The minimum Gasteiger partial charge on any atom is -0.493 e. The van der Waals surface area contributed by atoms with Crippen LogP contribution in [-0.4, -0.2) is 19.7 Å². The average Bonchev–Trinajstić information content (AvgIpc) is 2.82. The Kier molecular flexibility index (Phi) is 2.84. The Labute approximate surface area is 106 Å². The first-order chi connectivity index (χ1) is 8.78. The zero-order valence-electron chi connectivity index (χ0n) is 10.7. The van der Waals surface area contributed by atoms with Crippen molar-refractivity contribution in [2.45, 2.75) is 19.4 Å². The summed E-state index contributed by atoms with van der Waals surface area (Å²) in [6.07, 6.45) is 3.20. The SMILES string of the molecule is COc1cccc2cc(C3=CCNC(C)C3)oc12. The van der Waals surface area contributed by atoms with Crippen LogP contribution < -0.4 is 10.1 Å². The van der Waals surface area contributed by atoms with Crippen molar-refractivity contribution in [3.05, 3.63) is 36.1 Å². The molecule has 0 radical (unpaired) electrons. The van der Waals surface area contributed by atoms with Gasteiger partial charge in [0.15, 0.2) is 11.3 Å². The van der Waals surface area contributed by atoms with Crippen LogP contribution in [0.5, 0.6) is 5.75 Å². The lowest BCUT2D eigenvalue weighted by atomic mass is 10.0. The number of para-hydroxylation sites is 1. The predicted octanol–water partition coefficient (Wildman–Crippen LogP) is 3.21. The van der Waals surface area contributed by atoms with Gasteiger partial charge in [-0.25, -0.2) is 0 Å². The van der Waals surface area contributed by atoms with Crippen molar-refractivity contribution >= 4 is 16.5 Å². The van der Waals surface area contributed by atoms with E-state index in [4.69, 9.17) is 9.15 Å². The minimum atomic E-state index is 0.500. The van der Waals surface area contributed by atoms with Gasteiger partial charge in [-0.15, -0.1) is 0 Å². The number of rotatable bonds is 2. The molecule has 94 valence electrons. The molecule has 1 aromatic heterocycles. The Morgan fingerprint density at radius 3 is 3.06 bits per heavy atom. The molecule has 0 amide bonds. The molecule has 2 aromatic rings. The van der Waals surface area contributed by atoms with E-state index in [9.17, 15) is 0 Å². The van der Waals surface area contributed by atoms with Gasteiger partial charge in [-0.2, -0.15) is 0 Å². The standard InChI is InChI=1S/C15H17NO2/c1-10-8-11(6-7-16-10)14-9-12-4-3-5-13(17-2)15(12)18-14/h3-6,9-10,16H,7-8H2,1-2H3. The van der Waals surface area contributed by atoms with E-state index in [0.29, 0.717) is 6.04 Å². The minimum absolute atomic E-state index is 0.500. The van der Waals surface area contributed by atoms with Crippen LogP contribution in [0.1, 0.15) is 19.1 Å². The highest BCUT2D eigenvalue weighted by Gasteiger charge is 2.16. The Balaban J connectivity index is 2.06. The van der Waals surface area contributed by atoms with E-state index in [1.807, 2.05) is 12.1 Å². The summed E-state index contributed by atoms with van der Waals surface area (Å²) in [6, 6.07) is 8.56. The number of hydrogen-bond donors (Lipinski definition) is 1. The molecule has 3 rings (SSSR count). The van der Waals surface area contributed by atoms with Crippen LogP contribution in [0.3, 0.4) is 0 Å². The topological polar surface area (TPSA) is 34.4 Å². The first-order valence-corrected chi connectivity index (χ1v) is 6.27. The molecule has 2 heterocycles. The summed E-state index contributed by atoms with van der Waals surface area (Å²) in [4.78, 5) is 0. The first-order valence-electron chi connectivity index (χ1n) is 6.27. The van der Waals surface area contributed by atoms with Crippen LogP contribution in [0.25, 0.3) is 16.5 Å². The van der Waals surface area contributed by atoms with Gasteiger partial charge in [0.1, 0.15) is 5.76 Å². The Bertz CT molecular complexity index is 598. The van der Waals surface area contributed by atoms with Gasteiger partial charge in [-0.05, 0) is 31.1 Å². The van der Waals surface area contributed by atoms with Crippen molar-refractivity contribution in [3.63, 3.8) is 0 Å². The van der Waals surface area contributed by atoms with Crippen LogP contribution in [0.2, 0.25) is 0 Å². The van der Waals surface area contributed by atoms with Gasteiger partial charge in [0.25, 0.3) is 0 Å². The van der Waals surface area contributed by atoms with E-state index in [-0.39, 0.29) is 0 Å². The molecule has 0 saturated carbocycles. The average molecular weight is 243 g/mol. The molecule has 0 fully saturated rings. The number of furan rings is 1. The Morgan fingerprint density at radius 2 is 2.28 bits per heavy atom. The highest BCUT2D eigenvalue weighted by molar-refractivity contribution is 5.86. The monoisotopic (exact) mass is 243 g/mol. The van der Waals surface area contributed by atoms with Gasteiger partial charge >= 0.3 is 0 Å². The largest absolute Gasteiger partial charge is 0.493 e. The lowest BCUT2D eigenvalue weighted by Crippen LogP contribution is -2.29. The molecule has 18 heavy (non-hydrogen) atoms. The quantitative estimate of drug-likeness (QED) is 0.879. The van der Waals surface area contributed by atoms with Gasteiger partial charge in [-0.3, -0.25) is 0 Å². The molecule has 1 N–H and O–H groups in total. The summed E-state index contributed by atoms with van der Waals surface area (Å²) in [7, 11) is 1.67. The molecule has 3 heteroatoms. The van der Waals surface area contributed by atoms with Crippen molar-refractivity contribution in [1.82, 2.24) is 5.32 Å². The smallest absolute Gasteiger partial charge is 0.176 e. The predicted molar refractivity (Wildman–Crippen MR) is 72.8 cm³/mol. The van der Waals surface area contributed by atoms with E-state index in [2.05, 4.69) is 30.4 Å². The second-order valence-corrected chi connectivity index (χ2v) is 4.73. The van der Waals surface area contributed by atoms with Crippen LogP contribution in [-0.2, 0) is 0 Å². The molecule has 1 atom stereocenters. The molecule has 1 unspecified atom stereocenters. The summed E-state index contributed by atoms with van der Waals surface area (Å²) in [5.41, 5.74) is 2.11. The Morgan fingerprint density at radius 1 is 1.39 bits per heavy atom. The molecule has 0 bridgehead atoms. The van der Waals surface area contributed by atoms with E-state index in [1.165, 1.54) is 5.57 Å². The maximum Gasteiger partial charge on any atom is 0.176 e. The summed E-state index contributed by atoms with van der Waals surface area (Å²) in [5.74, 6) is 1.75. The van der Waals surface area contributed by atoms with Gasteiger partial charge in [-0.1, -0.05) is 18.2 Å². The van der Waals surface area contributed by atoms with Crippen LogP contribution >= 0.6 is 0 Å². The van der Waals surface area contributed by atoms with E-state index in [0.717, 1.165) is 35.4 Å². The summed E-state index contributed by atoms with van der Waals surface area (Å²) >= 11 is 0. The van der Waals surface area contributed by atoms with Gasteiger partial charge in [0.2, 0.25) is 0 Å². The number of fused-ring (bicyclic) bond motifs is 1. The normalized spacial score (nSPS) is 19.9. The second-order valence-electron chi connectivity index (χ2n) is 4.73. The van der Waals surface area contributed by atoms with Crippen LogP contribution in [0.4, 0.5) is 0 Å². The molecule has 1 aliphatic heterocycles. The van der Waals surface area contributed by atoms with E-state index >= 15 is 0 Å². The number of hydrogen-bond acceptors (Lipinski definition) is 3. The van der Waals surface area contributed by atoms with Crippen molar-refractivity contribution in [1.29, 1.82) is 0 Å². The molecular formula is C15H17NO2. The van der Waals surface area contributed by atoms with Crippen molar-refractivity contribution in [2.75, 3.05) is 13.7 Å². The fourth-order valence-corrected chi connectivity index (χ4v) is 2.43. The molecule has 0 saturated heterocycles. The molecule has 0 aliphatic carbocycles. The summed E-state index contributed by atoms with van der Waals surface area (Å²) in [5, 5.41) is 4.49. The highest BCUT2D eigenvalue weighted by atomic mass is 16.5. The molecule has 3 nitrogen and oxygen atoms in total. The Hall–Kier alpha value is -1.74. The van der Waals surface area contributed by atoms with Crippen LogP contribution in [0, 0.1) is 0 Å². The highest BCUT2D eigenvalue weighted by Crippen LogP contribution is 2.33. The second kappa shape index (κ2) is 4.50. The fourth-order valence-electron chi connectivity index (χ4n) is 2.43. The fraction of sp³-hybridized carbons (Fsp3) is 0.333.